The van der Waals surface area contributed by atoms with Crippen LogP contribution in [-0.2, 0) is 11.2 Å². The molecular formula is C18H24N4O3. The summed E-state index contributed by atoms with van der Waals surface area (Å²) in [6.45, 7) is 1.57. The van der Waals surface area contributed by atoms with Crippen molar-refractivity contribution in [1.82, 2.24) is 15.0 Å². The lowest BCUT2D eigenvalue weighted by atomic mass is 9.91. The number of nitrogens with one attached hydrogen (secondary N) is 1. The summed E-state index contributed by atoms with van der Waals surface area (Å²) < 4.78 is 10.1. The Bertz CT molecular complexity index is 716. The quantitative estimate of drug-likeness (QED) is 0.867. The van der Waals surface area contributed by atoms with Gasteiger partial charge in [0.2, 0.25) is 5.91 Å². The predicted octanol–water partition coefficient (Wildman–Crippen LogP) is 2.46. The molecule has 3 rings (SSSR count). The summed E-state index contributed by atoms with van der Waals surface area (Å²) in [4.78, 5) is 18.8. The van der Waals surface area contributed by atoms with Gasteiger partial charge in [0.15, 0.2) is 0 Å². The molecule has 1 aliphatic heterocycles. The van der Waals surface area contributed by atoms with E-state index in [0.717, 1.165) is 31.7 Å². The summed E-state index contributed by atoms with van der Waals surface area (Å²) in [5.74, 6) is 2.49. The number of aromatic nitrogens is 2. The molecule has 0 aliphatic carbocycles. The number of likely N-dealkylation sites (tertiary alicyclic amines) is 1. The third-order valence-electron chi connectivity index (χ3n) is 4.62. The second-order valence-corrected chi connectivity index (χ2v) is 6.24. The maximum atomic E-state index is 12.6. The van der Waals surface area contributed by atoms with Crippen LogP contribution in [0.15, 0.2) is 28.9 Å². The zero-order valence-corrected chi connectivity index (χ0v) is 14.7. The fourth-order valence-electron chi connectivity index (χ4n) is 3.21. The van der Waals surface area contributed by atoms with Crippen molar-refractivity contribution in [3.63, 3.8) is 0 Å². The fraction of sp³-hybridized carbons (Fsp3) is 0.500. The number of pyridine rings is 1. The Morgan fingerprint density at radius 1 is 1.48 bits per heavy atom. The molecule has 0 saturated carbocycles. The first kappa shape index (κ1) is 17.3. The van der Waals surface area contributed by atoms with E-state index in [9.17, 15) is 4.79 Å². The number of hydrogen-bond acceptors (Lipinski definition) is 6. The monoisotopic (exact) mass is 344 g/mol. The fourth-order valence-corrected chi connectivity index (χ4v) is 3.21. The first-order valence-corrected chi connectivity index (χ1v) is 8.60. The zero-order valence-electron chi connectivity index (χ0n) is 14.7. The molecule has 1 fully saturated rings. The van der Waals surface area contributed by atoms with E-state index in [1.54, 1.807) is 13.2 Å². The van der Waals surface area contributed by atoms with Crippen LogP contribution in [0.4, 0.5) is 5.82 Å². The Morgan fingerprint density at radius 3 is 3.12 bits per heavy atom. The van der Waals surface area contributed by atoms with Crippen LogP contribution in [0.1, 0.15) is 36.5 Å². The molecular weight excluding hydrogens is 320 g/mol. The molecule has 1 N–H and O–H groups in total. The number of aryl methyl sites for hydroxylation is 1. The number of carbonyl (C=O) groups excluding carboxylic acids is 1. The lowest BCUT2D eigenvalue weighted by Crippen LogP contribution is -2.39. The minimum Gasteiger partial charge on any atom is -0.479 e. The average Bonchev–Trinajstić information content (AvgIpc) is 3.14. The molecule has 0 spiro atoms. The van der Waals surface area contributed by atoms with E-state index >= 15 is 0 Å². The molecule has 2 aromatic rings. The molecule has 1 atom stereocenters. The van der Waals surface area contributed by atoms with Gasteiger partial charge < -0.3 is 19.5 Å². The Morgan fingerprint density at radius 2 is 2.36 bits per heavy atom. The largest absolute Gasteiger partial charge is 0.479 e. The molecule has 7 nitrogen and oxygen atoms in total. The molecule has 1 saturated heterocycles. The highest BCUT2D eigenvalue weighted by Gasteiger charge is 2.25. The summed E-state index contributed by atoms with van der Waals surface area (Å²) in [6, 6.07) is 5.84. The van der Waals surface area contributed by atoms with E-state index in [0.29, 0.717) is 30.4 Å². The second kappa shape index (κ2) is 8.00. The molecule has 3 heterocycles. The smallest absolute Gasteiger partial charge is 0.254 e. The Kier molecular flexibility index (Phi) is 5.53. The molecule has 0 radical (unpaired) electrons. The van der Waals surface area contributed by atoms with Crippen LogP contribution in [0.3, 0.4) is 0 Å². The Balaban J connectivity index is 1.57. The third kappa shape index (κ3) is 4.29. The number of methoxy groups -OCH3 is 1. The van der Waals surface area contributed by atoms with Crippen LogP contribution in [-0.4, -0.2) is 48.2 Å². The number of anilines is 1. The normalized spacial score (nSPS) is 17.4. The molecule has 0 aromatic carbocycles. The number of piperidine rings is 1. The highest BCUT2D eigenvalue weighted by atomic mass is 16.5. The minimum atomic E-state index is 0.156. The topological polar surface area (TPSA) is 80.5 Å². The van der Waals surface area contributed by atoms with Crippen LogP contribution in [0.25, 0.3) is 0 Å². The SMILES string of the molecule is CNc1cc(C2CCCN(C(=O)CCc3cc(OC)no3)C2)ccn1. The van der Waals surface area contributed by atoms with Gasteiger partial charge in [0, 0.05) is 51.2 Å². The second-order valence-electron chi connectivity index (χ2n) is 6.24. The number of amides is 1. The summed E-state index contributed by atoms with van der Waals surface area (Å²) >= 11 is 0. The van der Waals surface area contributed by atoms with E-state index in [-0.39, 0.29) is 5.91 Å². The third-order valence-corrected chi connectivity index (χ3v) is 4.62. The standard InChI is InChI=1S/C18H24N4O3/c1-19-16-10-13(7-8-20-16)14-4-3-9-22(12-14)18(23)6-5-15-11-17(24-2)21-25-15/h7-8,10-11,14H,3-6,9,12H2,1-2H3,(H,19,20). The van der Waals surface area contributed by atoms with Crippen molar-refractivity contribution < 1.29 is 14.1 Å². The average molecular weight is 344 g/mol. The van der Waals surface area contributed by atoms with Crippen molar-refractivity contribution in [1.29, 1.82) is 0 Å². The maximum Gasteiger partial charge on any atom is 0.254 e. The van der Waals surface area contributed by atoms with Gasteiger partial charge >= 0.3 is 0 Å². The first-order valence-electron chi connectivity index (χ1n) is 8.60. The molecule has 1 amide bonds. The number of nitrogens with zero attached hydrogens (tertiary/aromatic N) is 3. The van der Waals surface area contributed by atoms with E-state index in [1.165, 1.54) is 5.56 Å². The highest BCUT2D eigenvalue weighted by molar-refractivity contribution is 5.76. The summed E-state index contributed by atoms with van der Waals surface area (Å²) in [5, 5.41) is 6.83. The van der Waals surface area contributed by atoms with Gasteiger partial charge in [-0.15, -0.1) is 0 Å². The number of rotatable bonds is 6. The van der Waals surface area contributed by atoms with Gasteiger partial charge in [0.1, 0.15) is 11.6 Å². The van der Waals surface area contributed by atoms with E-state index in [1.807, 2.05) is 24.2 Å². The molecule has 1 unspecified atom stereocenters. The van der Waals surface area contributed by atoms with Gasteiger partial charge in [-0.1, -0.05) is 0 Å². The van der Waals surface area contributed by atoms with Crippen LogP contribution in [0.5, 0.6) is 5.88 Å². The van der Waals surface area contributed by atoms with Crippen LogP contribution >= 0.6 is 0 Å². The Hall–Kier alpha value is -2.57. The lowest BCUT2D eigenvalue weighted by Gasteiger charge is -2.33. The summed E-state index contributed by atoms with van der Waals surface area (Å²) in [7, 11) is 3.40. The number of carbonyl (C=O) groups is 1. The molecule has 1 aliphatic rings. The van der Waals surface area contributed by atoms with Gasteiger partial charge in [0.05, 0.1) is 7.11 Å². The minimum absolute atomic E-state index is 0.156. The van der Waals surface area contributed by atoms with E-state index < -0.39 is 0 Å². The summed E-state index contributed by atoms with van der Waals surface area (Å²) in [5.41, 5.74) is 1.23. The van der Waals surface area contributed by atoms with Gasteiger partial charge in [-0.3, -0.25) is 4.79 Å². The highest BCUT2D eigenvalue weighted by Crippen LogP contribution is 2.28. The molecule has 25 heavy (non-hydrogen) atoms. The predicted molar refractivity (Wildman–Crippen MR) is 93.7 cm³/mol. The zero-order chi connectivity index (χ0) is 17.6. The van der Waals surface area contributed by atoms with Gasteiger partial charge in [-0.2, -0.15) is 0 Å². The first-order chi connectivity index (χ1) is 12.2. The van der Waals surface area contributed by atoms with Crippen molar-refractivity contribution in [3.05, 3.63) is 35.7 Å². The molecule has 2 aromatic heterocycles. The molecule has 7 heteroatoms. The van der Waals surface area contributed by atoms with Gasteiger partial charge in [-0.25, -0.2) is 4.98 Å². The van der Waals surface area contributed by atoms with Crippen LogP contribution in [0.2, 0.25) is 0 Å². The van der Waals surface area contributed by atoms with E-state index in [2.05, 4.69) is 21.5 Å². The number of ether oxygens (including phenoxy) is 1. The van der Waals surface area contributed by atoms with Crippen molar-refractivity contribution in [3.8, 4) is 5.88 Å². The van der Waals surface area contributed by atoms with Gasteiger partial charge in [-0.05, 0) is 35.7 Å². The number of hydrogen-bond donors (Lipinski definition) is 1. The van der Waals surface area contributed by atoms with Crippen LogP contribution in [0, 0.1) is 0 Å². The van der Waals surface area contributed by atoms with E-state index in [4.69, 9.17) is 9.26 Å². The Labute approximate surface area is 147 Å². The van der Waals surface area contributed by atoms with Crippen molar-refractivity contribution >= 4 is 11.7 Å². The van der Waals surface area contributed by atoms with Gasteiger partial charge in [0.25, 0.3) is 5.88 Å². The maximum absolute atomic E-state index is 12.6. The van der Waals surface area contributed by atoms with Crippen LogP contribution < -0.4 is 10.1 Å². The molecule has 134 valence electrons. The van der Waals surface area contributed by atoms with Crippen molar-refractivity contribution in [2.75, 3.05) is 32.6 Å². The molecule has 0 bridgehead atoms. The summed E-state index contributed by atoms with van der Waals surface area (Å²) in [6.07, 6.45) is 4.89. The lowest BCUT2D eigenvalue weighted by molar-refractivity contribution is -0.132. The van der Waals surface area contributed by atoms with Crippen molar-refractivity contribution in [2.45, 2.75) is 31.6 Å². The van der Waals surface area contributed by atoms with Crippen molar-refractivity contribution in [2.24, 2.45) is 0 Å².